The Morgan fingerprint density at radius 3 is 2.18 bits per heavy atom. The number of hydrogen-bond donors (Lipinski definition) is 1. The van der Waals surface area contributed by atoms with Crippen molar-refractivity contribution in [1.82, 2.24) is 5.32 Å². The van der Waals surface area contributed by atoms with Crippen molar-refractivity contribution in [2.75, 3.05) is 6.61 Å². The molecule has 1 aliphatic rings. The molecule has 2 aromatic rings. The largest absolute Gasteiger partial charge is 0.358 e. The number of morpholine rings is 1. The van der Waals surface area contributed by atoms with Crippen molar-refractivity contribution in [3.8, 4) is 0 Å². The first-order valence-corrected chi connectivity index (χ1v) is 7.69. The molecule has 2 aromatic carbocycles. The van der Waals surface area contributed by atoms with Gasteiger partial charge >= 0.3 is 0 Å². The molecule has 0 radical (unpaired) electrons. The number of amides is 1. The van der Waals surface area contributed by atoms with Crippen LogP contribution in [-0.4, -0.2) is 12.5 Å². The molecule has 2 atom stereocenters. The van der Waals surface area contributed by atoms with Crippen LogP contribution in [0.15, 0.2) is 48.5 Å². The number of carbonyl (C=O) groups excluding carboxylic acids is 1. The first kappa shape index (κ1) is 15.3. The second-order valence-electron chi connectivity index (χ2n) is 5.45. The molecule has 5 heteroatoms. The predicted molar refractivity (Wildman–Crippen MR) is 87.1 cm³/mol. The van der Waals surface area contributed by atoms with Crippen LogP contribution < -0.4 is 5.32 Å². The molecule has 0 spiro atoms. The molecule has 0 unspecified atom stereocenters. The van der Waals surface area contributed by atoms with Crippen molar-refractivity contribution < 1.29 is 9.53 Å². The second-order valence-corrected chi connectivity index (χ2v) is 6.33. The number of ether oxygens (including phenoxy) is 1. The average Bonchev–Trinajstić information content (AvgIpc) is 2.51. The minimum absolute atomic E-state index is 0.0310. The first-order valence-electron chi connectivity index (χ1n) is 6.94. The van der Waals surface area contributed by atoms with E-state index in [-0.39, 0.29) is 18.6 Å². The number of hydrogen-bond acceptors (Lipinski definition) is 2. The van der Waals surface area contributed by atoms with Gasteiger partial charge in [0.15, 0.2) is 0 Å². The Morgan fingerprint density at radius 2 is 1.59 bits per heavy atom. The normalized spacial score (nSPS) is 24.9. The molecular formula is C17H15Cl2NO2. The predicted octanol–water partition coefficient (Wildman–Crippen LogP) is 4.10. The van der Waals surface area contributed by atoms with Gasteiger partial charge < -0.3 is 10.1 Å². The smallest absolute Gasteiger partial charge is 0.246 e. The maximum absolute atomic E-state index is 11.8. The van der Waals surface area contributed by atoms with Gasteiger partial charge in [-0.25, -0.2) is 0 Å². The van der Waals surface area contributed by atoms with E-state index in [1.165, 1.54) is 0 Å². The average molecular weight is 336 g/mol. The van der Waals surface area contributed by atoms with E-state index in [9.17, 15) is 4.79 Å². The van der Waals surface area contributed by atoms with E-state index in [2.05, 4.69) is 5.32 Å². The number of carbonyl (C=O) groups is 1. The highest BCUT2D eigenvalue weighted by atomic mass is 35.5. The Balaban J connectivity index is 2.04. The van der Waals surface area contributed by atoms with Gasteiger partial charge in [-0.1, -0.05) is 47.5 Å². The fraction of sp³-hybridized carbons (Fsp3) is 0.235. The Kier molecular flexibility index (Phi) is 4.13. The van der Waals surface area contributed by atoms with Crippen molar-refractivity contribution in [3.63, 3.8) is 0 Å². The van der Waals surface area contributed by atoms with Gasteiger partial charge in [0.2, 0.25) is 5.91 Å². The maximum atomic E-state index is 11.8. The SMILES string of the molecule is C[C@]1(c2ccc(Cl)cc2)OCC(=O)N[C@H]1c1ccc(Cl)cc1. The summed E-state index contributed by atoms with van der Waals surface area (Å²) < 4.78 is 5.91. The molecule has 1 N–H and O–H groups in total. The molecule has 1 aliphatic heterocycles. The van der Waals surface area contributed by atoms with Gasteiger partial charge in [-0.15, -0.1) is 0 Å². The summed E-state index contributed by atoms with van der Waals surface area (Å²) in [5.41, 5.74) is 1.22. The van der Waals surface area contributed by atoms with Gasteiger partial charge in [-0.05, 0) is 42.3 Å². The van der Waals surface area contributed by atoms with Gasteiger partial charge in [-0.2, -0.15) is 0 Å². The molecule has 114 valence electrons. The number of benzene rings is 2. The minimum Gasteiger partial charge on any atom is -0.358 e. The fourth-order valence-corrected chi connectivity index (χ4v) is 2.98. The summed E-state index contributed by atoms with van der Waals surface area (Å²) in [4.78, 5) is 11.8. The Hall–Kier alpha value is -1.55. The van der Waals surface area contributed by atoms with Crippen LogP contribution in [0.2, 0.25) is 10.0 Å². The second kappa shape index (κ2) is 5.92. The molecule has 0 aromatic heterocycles. The van der Waals surface area contributed by atoms with E-state index in [1.54, 1.807) is 12.1 Å². The molecule has 0 bridgehead atoms. The van der Waals surface area contributed by atoms with E-state index >= 15 is 0 Å². The molecule has 0 aliphatic carbocycles. The van der Waals surface area contributed by atoms with Gasteiger partial charge in [-0.3, -0.25) is 4.79 Å². The molecule has 22 heavy (non-hydrogen) atoms. The van der Waals surface area contributed by atoms with Crippen LogP contribution in [0.3, 0.4) is 0 Å². The third kappa shape index (κ3) is 2.84. The summed E-state index contributed by atoms with van der Waals surface area (Å²) in [6, 6.07) is 14.6. The van der Waals surface area contributed by atoms with Crippen molar-refractivity contribution in [2.45, 2.75) is 18.6 Å². The lowest BCUT2D eigenvalue weighted by Crippen LogP contribution is -2.51. The molecule has 3 nitrogen and oxygen atoms in total. The van der Waals surface area contributed by atoms with Gasteiger partial charge in [0.25, 0.3) is 0 Å². The van der Waals surface area contributed by atoms with Crippen LogP contribution in [0.25, 0.3) is 0 Å². The Bertz CT molecular complexity index is 685. The molecular weight excluding hydrogens is 321 g/mol. The zero-order chi connectivity index (χ0) is 15.7. The van der Waals surface area contributed by atoms with Crippen molar-refractivity contribution in [2.24, 2.45) is 0 Å². The highest BCUT2D eigenvalue weighted by molar-refractivity contribution is 6.30. The van der Waals surface area contributed by atoms with Gasteiger partial charge in [0, 0.05) is 10.0 Å². The molecule has 1 amide bonds. The summed E-state index contributed by atoms with van der Waals surface area (Å²) in [7, 11) is 0. The van der Waals surface area contributed by atoms with E-state index in [4.69, 9.17) is 27.9 Å². The molecule has 3 rings (SSSR count). The summed E-state index contributed by atoms with van der Waals surface area (Å²) in [5.74, 6) is -0.133. The number of halogens is 2. The molecule has 0 saturated carbocycles. The van der Waals surface area contributed by atoms with Crippen LogP contribution in [0, 0.1) is 0 Å². The van der Waals surface area contributed by atoms with E-state index < -0.39 is 5.60 Å². The topological polar surface area (TPSA) is 38.3 Å². The lowest BCUT2D eigenvalue weighted by atomic mass is 9.83. The highest BCUT2D eigenvalue weighted by Gasteiger charge is 2.42. The first-order chi connectivity index (χ1) is 10.5. The minimum atomic E-state index is -0.674. The van der Waals surface area contributed by atoms with Gasteiger partial charge in [0.05, 0.1) is 6.04 Å². The quantitative estimate of drug-likeness (QED) is 0.897. The maximum Gasteiger partial charge on any atom is 0.246 e. The lowest BCUT2D eigenvalue weighted by Gasteiger charge is -2.42. The van der Waals surface area contributed by atoms with Crippen molar-refractivity contribution in [3.05, 3.63) is 69.7 Å². The summed E-state index contributed by atoms with van der Waals surface area (Å²) in [5, 5.41) is 4.33. The van der Waals surface area contributed by atoms with Crippen molar-refractivity contribution >= 4 is 29.1 Å². The van der Waals surface area contributed by atoms with E-state index in [1.807, 2.05) is 43.3 Å². The lowest BCUT2D eigenvalue weighted by molar-refractivity contribution is -0.151. The number of nitrogens with one attached hydrogen (secondary N) is 1. The van der Waals surface area contributed by atoms with E-state index in [0.29, 0.717) is 10.0 Å². The summed E-state index contributed by atoms with van der Waals surface area (Å²) in [6.45, 7) is 2.00. The fourth-order valence-electron chi connectivity index (χ4n) is 2.73. The van der Waals surface area contributed by atoms with Crippen molar-refractivity contribution in [1.29, 1.82) is 0 Å². The summed E-state index contributed by atoms with van der Waals surface area (Å²) >= 11 is 11.9. The van der Waals surface area contributed by atoms with Crippen LogP contribution in [0.5, 0.6) is 0 Å². The van der Waals surface area contributed by atoms with Gasteiger partial charge in [0.1, 0.15) is 12.2 Å². The standard InChI is InChI=1S/C17H15Cl2NO2/c1-17(12-4-8-14(19)9-5-12)16(20-15(21)10-22-17)11-2-6-13(18)7-3-11/h2-9,16H,10H2,1H3,(H,20,21)/t16-,17+/m0/s1. The zero-order valence-electron chi connectivity index (χ0n) is 12.0. The number of rotatable bonds is 2. The molecule has 1 heterocycles. The van der Waals surface area contributed by atoms with E-state index in [0.717, 1.165) is 11.1 Å². The third-order valence-corrected chi connectivity index (χ3v) is 4.48. The van der Waals surface area contributed by atoms with Crippen LogP contribution >= 0.6 is 23.2 Å². The van der Waals surface area contributed by atoms with Crippen LogP contribution in [0.1, 0.15) is 24.1 Å². The third-order valence-electron chi connectivity index (χ3n) is 3.98. The monoisotopic (exact) mass is 335 g/mol. The molecule has 1 saturated heterocycles. The highest BCUT2D eigenvalue weighted by Crippen LogP contribution is 2.41. The zero-order valence-corrected chi connectivity index (χ0v) is 13.5. The van der Waals surface area contributed by atoms with Crippen LogP contribution in [0.4, 0.5) is 0 Å². The Morgan fingerprint density at radius 1 is 1.05 bits per heavy atom. The Labute approximate surface area is 139 Å². The van der Waals surface area contributed by atoms with Crippen LogP contribution in [-0.2, 0) is 15.1 Å². The summed E-state index contributed by atoms with van der Waals surface area (Å²) in [6.07, 6.45) is 0. The molecule has 1 fully saturated rings.